The molecular formula is C11H11NS. The molecule has 0 aliphatic rings. The van der Waals surface area contributed by atoms with E-state index in [1.165, 1.54) is 16.1 Å². The summed E-state index contributed by atoms with van der Waals surface area (Å²) in [6.07, 6.45) is 2.81. The molecule has 0 saturated heterocycles. The third-order valence-corrected chi connectivity index (χ3v) is 2.70. The molecule has 0 amide bonds. The highest BCUT2D eigenvalue weighted by molar-refractivity contribution is 7.09. The standard InChI is InChI=1S/C11H11NS/c1-9-3-2-4-10(7-9)8-11-12-5-6-13-11/h2-7H,8H2,1H3. The van der Waals surface area contributed by atoms with E-state index in [0.29, 0.717) is 0 Å². The lowest BCUT2D eigenvalue weighted by Gasteiger charge is -1.98. The maximum absolute atomic E-state index is 4.26. The Morgan fingerprint density at radius 2 is 2.31 bits per heavy atom. The fourth-order valence-corrected chi connectivity index (χ4v) is 1.99. The first-order chi connectivity index (χ1) is 6.34. The molecule has 1 aromatic carbocycles. The first-order valence-electron chi connectivity index (χ1n) is 4.28. The number of aryl methyl sites for hydroxylation is 1. The van der Waals surface area contributed by atoms with E-state index < -0.39 is 0 Å². The van der Waals surface area contributed by atoms with Gasteiger partial charge in [0.05, 0.1) is 5.01 Å². The summed E-state index contributed by atoms with van der Waals surface area (Å²) in [5.41, 5.74) is 2.66. The first-order valence-corrected chi connectivity index (χ1v) is 5.16. The molecule has 0 radical (unpaired) electrons. The van der Waals surface area contributed by atoms with Crippen molar-refractivity contribution < 1.29 is 0 Å². The van der Waals surface area contributed by atoms with E-state index in [9.17, 15) is 0 Å². The minimum atomic E-state index is 0.958. The van der Waals surface area contributed by atoms with Gasteiger partial charge in [0.2, 0.25) is 0 Å². The number of aromatic nitrogens is 1. The lowest BCUT2D eigenvalue weighted by atomic mass is 10.1. The van der Waals surface area contributed by atoms with Gasteiger partial charge in [-0.25, -0.2) is 4.98 Å². The Balaban J connectivity index is 2.19. The molecule has 2 rings (SSSR count). The van der Waals surface area contributed by atoms with Gasteiger partial charge in [-0.05, 0) is 12.5 Å². The van der Waals surface area contributed by atoms with Crippen molar-refractivity contribution in [3.05, 3.63) is 52.0 Å². The molecule has 2 heteroatoms. The Hall–Kier alpha value is -1.15. The van der Waals surface area contributed by atoms with Crippen LogP contribution in [0.25, 0.3) is 0 Å². The topological polar surface area (TPSA) is 12.9 Å². The minimum absolute atomic E-state index is 0.958. The van der Waals surface area contributed by atoms with Crippen molar-refractivity contribution in [2.24, 2.45) is 0 Å². The van der Waals surface area contributed by atoms with Gasteiger partial charge in [0.1, 0.15) is 0 Å². The number of benzene rings is 1. The molecule has 0 saturated carbocycles. The molecular weight excluding hydrogens is 178 g/mol. The summed E-state index contributed by atoms with van der Waals surface area (Å²) >= 11 is 1.71. The van der Waals surface area contributed by atoms with Gasteiger partial charge in [-0.1, -0.05) is 29.8 Å². The van der Waals surface area contributed by atoms with Gasteiger partial charge in [-0.3, -0.25) is 0 Å². The van der Waals surface area contributed by atoms with Gasteiger partial charge in [0, 0.05) is 18.0 Å². The monoisotopic (exact) mass is 189 g/mol. The normalized spacial score (nSPS) is 10.2. The van der Waals surface area contributed by atoms with Crippen LogP contribution < -0.4 is 0 Å². The Morgan fingerprint density at radius 1 is 1.38 bits per heavy atom. The predicted octanol–water partition coefficient (Wildman–Crippen LogP) is 3.04. The second kappa shape index (κ2) is 3.71. The van der Waals surface area contributed by atoms with Gasteiger partial charge in [0.15, 0.2) is 0 Å². The quantitative estimate of drug-likeness (QED) is 0.707. The van der Waals surface area contributed by atoms with Gasteiger partial charge >= 0.3 is 0 Å². The lowest BCUT2D eigenvalue weighted by Crippen LogP contribution is -1.86. The van der Waals surface area contributed by atoms with Gasteiger partial charge in [0.25, 0.3) is 0 Å². The predicted molar refractivity (Wildman–Crippen MR) is 56.1 cm³/mol. The zero-order chi connectivity index (χ0) is 9.10. The minimum Gasteiger partial charge on any atom is -0.249 e. The van der Waals surface area contributed by atoms with Crippen molar-refractivity contribution in [3.8, 4) is 0 Å². The van der Waals surface area contributed by atoms with E-state index in [2.05, 4.69) is 36.2 Å². The second-order valence-electron chi connectivity index (χ2n) is 3.09. The summed E-state index contributed by atoms with van der Waals surface area (Å²) in [6.45, 7) is 2.12. The SMILES string of the molecule is Cc1cccc(Cc2nccs2)c1. The Labute approximate surface area is 82.1 Å². The van der Waals surface area contributed by atoms with E-state index in [0.717, 1.165) is 6.42 Å². The Morgan fingerprint density at radius 3 is 3.00 bits per heavy atom. The van der Waals surface area contributed by atoms with Crippen LogP contribution >= 0.6 is 11.3 Å². The molecule has 0 unspecified atom stereocenters. The average molecular weight is 189 g/mol. The van der Waals surface area contributed by atoms with E-state index in [1.54, 1.807) is 11.3 Å². The summed E-state index contributed by atoms with van der Waals surface area (Å²) in [5, 5.41) is 3.20. The Bertz CT molecular complexity index is 379. The van der Waals surface area contributed by atoms with E-state index in [-0.39, 0.29) is 0 Å². The smallest absolute Gasteiger partial charge is 0.0968 e. The number of thiazole rings is 1. The van der Waals surface area contributed by atoms with Crippen LogP contribution in [0.4, 0.5) is 0 Å². The van der Waals surface area contributed by atoms with Crippen LogP contribution in [-0.2, 0) is 6.42 Å². The van der Waals surface area contributed by atoms with Crippen LogP contribution in [0, 0.1) is 6.92 Å². The molecule has 0 N–H and O–H groups in total. The van der Waals surface area contributed by atoms with Crippen LogP contribution in [0.1, 0.15) is 16.1 Å². The summed E-state index contributed by atoms with van der Waals surface area (Å²) in [6, 6.07) is 8.57. The van der Waals surface area contributed by atoms with Crippen LogP contribution in [0.15, 0.2) is 35.8 Å². The van der Waals surface area contributed by atoms with Crippen molar-refractivity contribution in [3.63, 3.8) is 0 Å². The zero-order valence-electron chi connectivity index (χ0n) is 7.53. The van der Waals surface area contributed by atoms with Crippen molar-refractivity contribution in [2.45, 2.75) is 13.3 Å². The largest absolute Gasteiger partial charge is 0.249 e. The van der Waals surface area contributed by atoms with Gasteiger partial charge < -0.3 is 0 Å². The lowest BCUT2D eigenvalue weighted by molar-refractivity contribution is 1.13. The second-order valence-corrected chi connectivity index (χ2v) is 4.07. The maximum Gasteiger partial charge on any atom is 0.0968 e. The fraction of sp³-hybridized carbons (Fsp3) is 0.182. The zero-order valence-corrected chi connectivity index (χ0v) is 8.34. The molecule has 1 aromatic heterocycles. The highest BCUT2D eigenvalue weighted by atomic mass is 32.1. The third kappa shape index (κ3) is 2.16. The van der Waals surface area contributed by atoms with Crippen LogP contribution in [-0.4, -0.2) is 4.98 Å². The highest BCUT2D eigenvalue weighted by Gasteiger charge is 1.97. The summed E-state index contributed by atoms with van der Waals surface area (Å²) in [7, 11) is 0. The van der Waals surface area contributed by atoms with Crippen molar-refractivity contribution in [1.29, 1.82) is 0 Å². The van der Waals surface area contributed by atoms with E-state index >= 15 is 0 Å². The fourth-order valence-electron chi connectivity index (χ4n) is 1.34. The highest BCUT2D eigenvalue weighted by Crippen LogP contribution is 2.12. The number of hydrogen-bond acceptors (Lipinski definition) is 2. The molecule has 66 valence electrons. The van der Waals surface area contributed by atoms with E-state index in [4.69, 9.17) is 0 Å². The molecule has 0 spiro atoms. The summed E-state index contributed by atoms with van der Waals surface area (Å²) in [4.78, 5) is 4.26. The van der Waals surface area contributed by atoms with Gasteiger partial charge in [-0.15, -0.1) is 11.3 Å². The molecule has 0 atom stereocenters. The molecule has 1 heterocycles. The molecule has 2 aromatic rings. The Kier molecular flexibility index (Phi) is 2.41. The number of hydrogen-bond donors (Lipinski definition) is 0. The molecule has 1 nitrogen and oxygen atoms in total. The summed E-state index contributed by atoms with van der Waals surface area (Å²) in [5.74, 6) is 0. The van der Waals surface area contributed by atoms with Crippen LogP contribution in [0.2, 0.25) is 0 Å². The average Bonchev–Trinajstić information content (AvgIpc) is 2.57. The first kappa shape index (κ1) is 8.45. The summed E-state index contributed by atoms with van der Waals surface area (Å²) < 4.78 is 0. The van der Waals surface area contributed by atoms with E-state index in [1.807, 2.05) is 11.6 Å². The molecule has 0 fully saturated rings. The number of rotatable bonds is 2. The van der Waals surface area contributed by atoms with Crippen LogP contribution in [0.3, 0.4) is 0 Å². The molecule has 0 aliphatic carbocycles. The maximum atomic E-state index is 4.26. The molecule has 0 aliphatic heterocycles. The van der Waals surface area contributed by atoms with Gasteiger partial charge in [-0.2, -0.15) is 0 Å². The third-order valence-electron chi connectivity index (χ3n) is 1.92. The van der Waals surface area contributed by atoms with Crippen molar-refractivity contribution in [1.82, 2.24) is 4.98 Å². The molecule has 0 bridgehead atoms. The van der Waals surface area contributed by atoms with Crippen LogP contribution in [0.5, 0.6) is 0 Å². The van der Waals surface area contributed by atoms with Crippen molar-refractivity contribution in [2.75, 3.05) is 0 Å². The van der Waals surface area contributed by atoms with Crippen molar-refractivity contribution >= 4 is 11.3 Å². The number of nitrogens with zero attached hydrogens (tertiary/aromatic N) is 1. The molecule has 13 heavy (non-hydrogen) atoms.